The number of likely N-dealkylation sites (N-methyl/N-ethyl adjacent to an activating group) is 1. The van der Waals surface area contributed by atoms with Crippen molar-refractivity contribution in [1.29, 1.82) is 0 Å². The van der Waals surface area contributed by atoms with Crippen LogP contribution in [0.3, 0.4) is 0 Å². The van der Waals surface area contributed by atoms with Crippen molar-refractivity contribution in [3.05, 3.63) is 48.0 Å². The van der Waals surface area contributed by atoms with Crippen molar-refractivity contribution in [3.8, 4) is 0 Å². The molecule has 0 fully saturated rings. The van der Waals surface area contributed by atoms with Gasteiger partial charge >= 0.3 is 0 Å². The van der Waals surface area contributed by atoms with Gasteiger partial charge in [0, 0.05) is 20.1 Å². The summed E-state index contributed by atoms with van der Waals surface area (Å²) in [4.78, 5) is 0. The molecule has 0 saturated heterocycles. The van der Waals surface area contributed by atoms with Crippen LogP contribution in [0.2, 0.25) is 0 Å². The quantitative estimate of drug-likeness (QED) is 0.760. The third-order valence-corrected chi connectivity index (χ3v) is 4.38. The van der Waals surface area contributed by atoms with E-state index in [4.69, 9.17) is 0 Å². The lowest BCUT2D eigenvalue weighted by Crippen LogP contribution is -2.28. The number of nitrogens with zero attached hydrogens (tertiary/aromatic N) is 1. The maximum absolute atomic E-state index is 12.0. The molecular formula is C13H20N2O2S. The van der Waals surface area contributed by atoms with E-state index >= 15 is 0 Å². The monoisotopic (exact) mass is 268 g/mol. The van der Waals surface area contributed by atoms with Crippen LogP contribution in [0.25, 0.3) is 0 Å². The number of sulfonamides is 1. The van der Waals surface area contributed by atoms with Gasteiger partial charge in [0.05, 0.1) is 5.75 Å². The Morgan fingerprint density at radius 3 is 2.67 bits per heavy atom. The van der Waals surface area contributed by atoms with Gasteiger partial charge in [0.15, 0.2) is 0 Å². The molecule has 1 aromatic rings. The van der Waals surface area contributed by atoms with Crippen LogP contribution < -0.4 is 5.32 Å². The number of rotatable bonds is 7. The molecule has 0 amide bonds. The molecule has 0 saturated carbocycles. The molecule has 1 rings (SSSR count). The Labute approximate surface area is 109 Å². The highest BCUT2D eigenvalue weighted by molar-refractivity contribution is 7.88. The average molecular weight is 268 g/mol. The predicted molar refractivity (Wildman–Crippen MR) is 74.7 cm³/mol. The molecular weight excluding hydrogens is 248 g/mol. The molecule has 0 unspecified atom stereocenters. The summed E-state index contributed by atoms with van der Waals surface area (Å²) in [6, 6.07) is 7.60. The zero-order valence-electron chi connectivity index (χ0n) is 10.9. The molecule has 0 radical (unpaired) electrons. The minimum Gasteiger partial charge on any atom is -0.316 e. The zero-order chi connectivity index (χ0) is 13.6. The van der Waals surface area contributed by atoms with Crippen LogP contribution in [0.15, 0.2) is 36.9 Å². The standard InChI is InChI=1S/C13H20N2O2S/c1-4-8-15(3)18(16,17)11-13-7-5-6-12(9-13)10-14-2/h4-7,9,14H,1,8,10-11H2,2-3H3. The molecule has 1 N–H and O–H groups in total. The number of hydrogen-bond acceptors (Lipinski definition) is 3. The molecule has 100 valence electrons. The molecule has 4 nitrogen and oxygen atoms in total. The van der Waals surface area contributed by atoms with Gasteiger partial charge in [-0.3, -0.25) is 0 Å². The summed E-state index contributed by atoms with van der Waals surface area (Å²) in [5.74, 6) is 0.0227. The second kappa shape index (κ2) is 6.68. The highest BCUT2D eigenvalue weighted by Crippen LogP contribution is 2.11. The number of nitrogens with one attached hydrogen (secondary N) is 1. The molecule has 0 aromatic heterocycles. The van der Waals surface area contributed by atoms with E-state index in [1.54, 1.807) is 13.1 Å². The van der Waals surface area contributed by atoms with Crippen LogP contribution in [-0.2, 0) is 22.3 Å². The smallest absolute Gasteiger partial charge is 0.218 e. The Morgan fingerprint density at radius 1 is 1.39 bits per heavy atom. The number of hydrogen-bond donors (Lipinski definition) is 1. The predicted octanol–water partition coefficient (Wildman–Crippen LogP) is 1.35. The van der Waals surface area contributed by atoms with Crippen LogP contribution in [-0.4, -0.2) is 33.4 Å². The van der Waals surface area contributed by atoms with E-state index in [1.165, 1.54) is 4.31 Å². The lowest BCUT2D eigenvalue weighted by atomic mass is 10.1. The maximum atomic E-state index is 12.0. The summed E-state index contributed by atoms with van der Waals surface area (Å²) in [7, 11) is 0.161. The maximum Gasteiger partial charge on any atom is 0.218 e. The fourth-order valence-corrected chi connectivity index (χ4v) is 2.80. The van der Waals surface area contributed by atoms with Gasteiger partial charge in [-0.25, -0.2) is 12.7 Å². The second-order valence-corrected chi connectivity index (χ2v) is 6.25. The van der Waals surface area contributed by atoms with E-state index in [0.29, 0.717) is 6.54 Å². The van der Waals surface area contributed by atoms with Crippen molar-refractivity contribution >= 4 is 10.0 Å². The van der Waals surface area contributed by atoms with Gasteiger partial charge in [0.2, 0.25) is 10.0 Å². The van der Waals surface area contributed by atoms with Crippen LogP contribution in [0.5, 0.6) is 0 Å². The molecule has 1 aromatic carbocycles. The topological polar surface area (TPSA) is 49.4 Å². The lowest BCUT2D eigenvalue weighted by molar-refractivity contribution is 0.498. The van der Waals surface area contributed by atoms with Gasteiger partial charge in [-0.15, -0.1) is 6.58 Å². The van der Waals surface area contributed by atoms with Crippen LogP contribution >= 0.6 is 0 Å². The van der Waals surface area contributed by atoms with Crippen molar-refractivity contribution in [2.24, 2.45) is 0 Å². The van der Waals surface area contributed by atoms with Gasteiger partial charge in [0.25, 0.3) is 0 Å². The van der Waals surface area contributed by atoms with Gasteiger partial charge < -0.3 is 5.32 Å². The first-order valence-corrected chi connectivity index (χ1v) is 7.38. The third-order valence-electron chi connectivity index (χ3n) is 2.58. The SMILES string of the molecule is C=CCN(C)S(=O)(=O)Cc1cccc(CNC)c1. The fraction of sp³-hybridized carbons (Fsp3) is 0.385. The van der Waals surface area contributed by atoms with E-state index in [9.17, 15) is 8.42 Å². The van der Waals surface area contributed by atoms with Gasteiger partial charge in [-0.1, -0.05) is 30.3 Å². The Morgan fingerprint density at radius 2 is 2.06 bits per heavy atom. The first-order valence-electron chi connectivity index (χ1n) is 5.77. The van der Waals surface area contributed by atoms with E-state index in [-0.39, 0.29) is 5.75 Å². The van der Waals surface area contributed by atoms with Gasteiger partial charge in [-0.2, -0.15) is 0 Å². The summed E-state index contributed by atoms with van der Waals surface area (Å²) in [6.07, 6.45) is 1.58. The molecule has 0 bridgehead atoms. The minimum atomic E-state index is -3.27. The van der Waals surface area contributed by atoms with Crippen LogP contribution in [0, 0.1) is 0 Å². The van der Waals surface area contributed by atoms with E-state index in [2.05, 4.69) is 11.9 Å². The summed E-state index contributed by atoms with van der Waals surface area (Å²) in [5.41, 5.74) is 1.88. The molecule has 0 aliphatic carbocycles. The second-order valence-electron chi connectivity index (χ2n) is 4.18. The van der Waals surface area contributed by atoms with Crippen LogP contribution in [0.4, 0.5) is 0 Å². The minimum absolute atomic E-state index is 0.0227. The molecule has 5 heteroatoms. The Kier molecular flexibility index (Phi) is 5.53. The molecule has 0 aliphatic rings. The fourth-order valence-electron chi connectivity index (χ4n) is 1.65. The first kappa shape index (κ1) is 14.9. The van der Waals surface area contributed by atoms with Crippen molar-refractivity contribution in [2.45, 2.75) is 12.3 Å². The first-order chi connectivity index (χ1) is 8.49. The van der Waals surface area contributed by atoms with E-state index in [0.717, 1.165) is 17.7 Å². The molecule has 0 atom stereocenters. The summed E-state index contributed by atoms with van der Waals surface area (Å²) >= 11 is 0. The third kappa shape index (κ3) is 4.25. The highest BCUT2D eigenvalue weighted by Gasteiger charge is 2.17. The lowest BCUT2D eigenvalue weighted by Gasteiger charge is -2.15. The normalized spacial score (nSPS) is 11.7. The number of benzene rings is 1. The van der Waals surface area contributed by atoms with Crippen molar-refractivity contribution in [3.63, 3.8) is 0 Å². The summed E-state index contributed by atoms with van der Waals surface area (Å²) < 4.78 is 25.4. The highest BCUT2D eigenvalue weighted by atomic mass is 32.2. The van der Waals surface area contributed by atoms with Crippen LogP contribution in [0.1, 0.15) is 11.1 Å². The largest absolute Gasteiger partial charge is 0.316 e. The van der Waals surface area contributed by atoms with E-state index in [1.807, 2.05) is 31.3 Å². The zero-order valence-corrected chi connectivity index (χ0v) is 11.7. The molecule has 18 heavy (non-hydrogen) atoms. The van der Waals surface area contributed by atoms with Crippen molar-refractivity contribution < 1.29 is 8.42 Å². The Bertz CT molecular complexity index is 497. The molecule has 0 aliphatic heterocycles. The average Bonchev–Trinajstić information content (AvgIpc) is 2.29. The Hall–Kier alpha value is -1.17. The van der Waals surface area contributed by atoms with E-state index < -0.39 is 10.0 Å². The molecule has 0 spiro atoms. The van der Waals surface area contributed by atoms with Crippen molar-refractivity contribution in [2.75, 3.05) is 20.6 Å². The Balaban J connectivity index is 2.83. The molecule has 0 heterocycles. The summed E-state index contributed by atoms with van der Waals surface area (Å²) in [6.45, 7) is 4.61. The summed E-state index contributed by atoms with van der Waals surface area (Å²) in [5, 5.41) is 3.04. The van der Waals surface area contributed by atoms with Gasteiger partial charge in [0.1, 0.15) is 0 Å². The van der Waals surface area contributed by atoms with Gasteiger partial charge in [-0.05, 0) is 18.2 Å². The van der Waals surface area contributed by atoms with Crippen molar-refractivity contribution in [1.82, 2.24) is 9.62 Å².